The van der Waals surface area contributed by atoms with Gasteiger partial charge in [-0.05, 0) is 25.0 Å². The molecule has 0 unspecified atom stereocenters. The summed E-state index contributed by atoms with van der Waals surface area (Å²) < 4.78 is 4.38. The quantitative estimate of drug-likeness (QED) is 0.114. The molecule has 36 heavy (non-hydrogen) atoms. The molecule has 4 rings (SSSR count). The van der Waals surface area contributed by atoms with Crippen LogP contribution in [0, 0.1) is 20.2 Å². The van der Waals surface area contributed by atoms with Gasteiger partial charge in [0.15, 0.2) is 0 Å². The standard InChI is InChI=1S/C28H30N4O4/c33-31(34)19-15-23-21-29(27-13-7-5-11-25(23)27)17-9-3-1-2-4-10-18-30-22-24(16-20-32(35)36)26-12-6-8-14-28(26)30/h5-8,11-16,19-22H,1-4,9-10,17-18H2/b19-15-,20-16-. The van der Waals surface area contributed by atoms with Gasteiger partial charge in [-0.1, -0.05) is 62.1 Å². The van der Waals surface area contributed by atoms with Gasteiger partial charge in [0.25, 0.3) is 0 Å². The van der Waals surface area contributed by atoms with Gasteiger partial charge in [-0.2, -0.15) is 0 Å². The summed E-state index contributed by atoms with van der Waals surface area (Å²) in [4.78, 5) is 20.6. The third-order valence-corrected chi connectivity index (χ3v) is 6.44. The molecule has 8 nitrogen and oxygen atoms in total. The lowest BCUT2D eigenvalue weighted by Crippen LogP contribution is -1.97. The van der Waals surface area contributed by atoms with Crippen molar-refractivity contribution in [3.05, 3.63) is 105 Å². The van der Waals surface area contributed by atoms with Crippen LogP contribution in [0.3, 0.4) is 0 Å². The molecule has 0 saturated carbocycles. The van der Waals surface area contributed by atoms with Gasteiger partial charge in [-0.15, -0.1) is 0 Å². The second-order valence-electron chi connectivity index (χ2n) is 8.91. The number of nitrogens with zero attached hydrogens (tertiary/aromatic N) is 4. The lowest BCUT2D eigenvalue weighted by molar-refractivity contribution is -0.401. The smallest absolute Gasteiger partial charge is 0.235 e. The first kappa shape index (κ1) is 24.9. The Morgan fingerprint density at radius 1 is 0.611 bits per heavy atom. The van der Waals surface area contributed by atoms with Crippen LogP contribution in [0.15, 0.2) is 73.3 Å². The van der Waals surface area contributed by atoms with Crippen LogP contribution in [-0.4, -0.2) is 19.0 Å². The highest BCUT2D eigenvalue weighted by Gasteiger charge is 2.08. The fraction of sp³-hybridized carbons (Fsp3) is 0.286. The Hall–Kier alpha value is -4.20. The molecular formula is C28H30N4O4. The number of aryl methyl sites for hydroxylation is 2. The molecule has 0 bridgehead atoms. The second-order valence-corrected chi connectivity index (χ2v) is 8.91. The third-order valence-electron chi connectivity index (χ3n) is 6.44. The van der Waals surface area contributed by atoms with Crippen LogP contribution in [0.1, 0.15) is 49.7 Å². The number of nitro groups is 2. The Kier molecular flexibility index (Phi) is 8.28. The molecule has 0 radical (unpaired) electrons. The Morgan fingerprint density at radius 3 is 1.42 bits per heavy atom. The Bertz CT molecular complexity index is 1310. The van der Waals surface area contributed by atoms with E-state index in [1.165, 1.54) is 0 Å². The monoisotopic (exact) mass is 486 g/mol. The lowest BCUT2D eigenvalue weighted by atomic mass is 10.1. The second kappa shape index (κ2) is 12.0. The number of rotatable bonds is 13. The van der Waals surface area contributed by atoms with Crippen molar-refractivity contribution in [3.8, 4) is 0 Å². The van der Waals surface area contributed by atoms with E-state index in [4.69, 9.17) is 0 Å². The van der Waals surface area contributed by atoms with E-state index in [1.54, 1.807) is 12.2 Å². The summed E-state index contributed by atoms with van der Waals surface area (Å²) in [5, 5.41) is 23.5. The van der Waals surface area contributed by atoms with Gasteiger partial charge in [0.1, 0.15) is 0 Å². The average molecular weight is 487 g/mol. The fourth-order valence-corrected chi connectivity index (χ4v) is 4.74. The maximum absolute atomic E-state index is 10.7. The van der Waals surface area contributed by atoms with Gasteiger partial charge in [-0.25, -0.2) is 0 Å². The van der Waals surface area contributed by atoms with Crippen LogP contribution in [0.4, 0.5) is 0 Å². The predicted molar refractivity (Wildman–Crippen MR) is 144 cm³/mol. The Morgan fingerprint density at radius 2 is 1.00 bits per heavy atom. The molecule has 0 spiro atoms. The molecule has 0 aliphatic rings. The molecule has 0 N–H and O–H groups in total. The summed E-state index contributed by atoms with van der Waals surface area (Å²) in [7, 11) is 0. The van der Waals surface area contributed by atoms with Crippen LogP contribution in [0.2, 0.25) is 0 Å². The van der Waals surface area contributed by atoms with E-state index in [0.29, 0.717) is 0 Å². The van der Waals surface area contributed by atoms with E-state index in [9.17, 15) is 20.2 Å². The van der Waals surface area contributed by atoms with E-state index < -0.39 is 9.85 Å². The van der Waals surface area contributed by atoms with Crippen LogP contribution in [0.25, 0.3) is 34.0 Å². The van der Waals surface area contributed by atoms with Crippen molar-refractivity contribution in [2.75, 3.05) is 0 Å². The van der Waals surface area contributed by atoms with Crippen LogP contribution >= 0.6 is 0 Å². The predicted octanol–water partition coefficient (Wildman–Crippen LogP) is 7.13. The first-order chi connectivity index (χ1) is 17.5. The maximum Gasteiger partial charge on any atom is 0.235 e. The van der Waals surface area contributed by atoms with Crippen molar-refractivity contribution >= 4 is 34.0 Å². The molecule has 0 fully saturated rings. The summed E-state index contributed by atoms with van der Waals surface area (Å²) in [5.41, 5.74) is 3.95. The van der Waals surface area contributed by atoms with Crippen molar-refractivity contribution in [1.29, 1.82) is 0 Å². The van der Waals surface area contributed by atoms with Crippen LogP contribution in [0.5, 0.6) is 0 Å². The van der Waals surface area contributed by atoms with E-state index in [1.807, 2.05) is 48.8 Å². The molecule has 8 heteroatoms. The SMILES string of the molecule is O=[N+]([O-])/C=C\c1cn(CCCCCCCCn2cc(/C=C\[N+](=O)[O-])c3ccccc32)c2ccccc12. The molecule has 4 aromatic rings. The average Bonchev–Trinajstić information content (AvgIpc) is 3.41. The zero-order chi connectivity index (χ0) is 25.3. The van der Waals surface area contributed by atoms with Gasteiger partial charge in [0.2, 0.25) is 12.4 Å². The molecule has 2 aromatic carbocycles. The molecule has 0 amide bonds. The molecule has 186 valence electrons. The topological polar surface area (TPSA) is 96.1 Å². The van der Waals surface area contributed by atoms with Crippen molar-refractivity contribution < 1.29 is 9.85 Å². The first-order valence-electron chi connectivity index (χ1n) is 12.3. The van der Waals surface area contributed by atoms with Gasteiger partial charge >= 0.3 is 0 Å². The van der Waals surface area contributed by atoms with Crippen LogP contribution < -0.4 is 0 Å². The van der Waals surface area contributed by atoms with E-state index in [0.717, 1.165) is 96.9 Å². The zero-order valence-corrected chi connectivity index (χ0v) is 20.2. The van der Waals surface area contributed by atoms with E-state index in [-0.39, 0.29) is 0 Å². The third kappa shape index (κ3) is 6.27. The molecular weight excluding hydrogens is 456 g/mol. The van der Waals surface area contributed by atoms with Gasteiger partial charge < -0.3 is 9.13 Å². The summed E-state index contributed by atoms with van der Waals surface area (Å²) in [6.07, 6.45) is 15.8. The number of aromatic nitrogens is 2. The molecule has 2 heterocycles. The summed E-state index contributed by atoms with van der Waals surface area (Å²) in [5.74, 6) is 0. The first-order valence-corrected chi connectivity index (χ1v) is 12.3. The normalized spacial score (nSPS) is 11.9. The largest absolute Gasteiger partial charge is 0.347 e. The van der Waals surface area contributed by atoms with Crippen molar-refractivity contribution in [2.24, 2.45) is 0 Å². The number of benzene rings is 2. The Balaban J connectivity index is 1.23. The molecule has 0 aliphatic heterocycles. The number of para-hydroxylation sites is 2. The Labute approximate surface area is 209 Å². The zero-order valence-electron chi connectivity index (χ0n) is 20.2. The number of hydrogen-bond donors (Lipinski definition) is 0. The molecule has 0 saturated heterocycles. The van der Waals surface area contributed by atoms with E-state index in [2.05, 4.69) is 21.3 Å². The van der Waals surface area contributed by atoms with Gasteiger partial charge in [-0.3, -0.25) is 20.2 Å². The van der Waals surface area contributed by atoms with E-state index >= 15 is 0 Å². The minimum Gasteiger partial charge on any atom is -0.347 e. The number of fused-ring (bicyclic) bond motifs is 2. The highest BCUT2D eigenvalue weighted by Crippen LogP contribution is 2.25. The van der Waals surface area contributed by atoms with Crippen molar-refractivity contribution in [1.82, 2.24) is 9.13 Å². The van der Waals surface area contributed by atoms with Crippen molar-refractivity contribution in [3.63, 3.8) is 0 Å². The molecule has 2 aromatic heterocycles. The molecule has 0 atom stereocenters. The summed E-state index contributed by atoms with van der Waals surface area (Å²) in [6, 6.07) is 16.0. The van der Waals surface area contributed by atoms with Crippen molar-refractivity contribution in [2.45, 2.75) is 51.6 Å². The van der Waals surface area contributed by atoms with Crippen LogP contribution in [-0.2, 0) is 13.1 Å². The summed E-state index contributed by atoms with van der Waals surface area (Å²) in [6.45, 7) is 1.78. The number of hydrogen-bond acceptors (Lipinski definition) is 4. The maximum atomic E-state index is 10.7. The lowest BCUT2D eigenvalue weighted by Gasteiger charge is -2.07. The highest BCUT2D eigenvalue weighted by molar-refractivity contribution is 5.90. The fourth-order valence-electron chi connectivity index (χ4n) is 4.74. The number of unbranched alkanes of at least 4 members (excludes halogenated alkanes) is 5. The van der Waals surface area contributed by atoms with Gasteiger partial charge in [0.05, 0.1) is 9.85 Å². The summed E-state index contributed by atoms with van der Waals surface area (Å²) >= 11 is 0. The molecule has 0 aliphatic carbocycles. The minimum absolute atomic E-state index is 0.433. The van der Waals surface area contributed by atoms with Gasteiger partial charge in [0, 0.05) is 70.6 Å². The minimum atomic E-state index is -0.433. The highest BCUT2D eigenvalue weighted by atomic mass is 16.6.